The van der Waals surface area contributed by atoms with E-state index in [-0.39, 0.29) is 5.56 Å². The van der Waals surface area contributed by atoms with Crippen molar-refractivity contribution in [3.63, 3.8) is 0 Å². The second-order valence-corrected chi connectivity index (χ2v) is 2.97. The van der Waals surface area contributed by atoms with Gasteiger partial charge >= 0.3 is 0 Å². The smallest absolute Gasteiger partial charge is 0.264 e. The van der Waals surface area contributed by atoms with Crippen molar-refractivity contribution in [1.82, 2.24) is 10.2 Å². The first-order valence-electron chi connectivity index (χ1n) is 4.28. The Morgan fingerprint density at radius 3 is 2.92 bits per heavy atom. The van der Waals surface area contributed by atoms with Gasteiger partial charge in [-0.1, -0.05) is 18.2 Å². The molecule has 0 amide bonds. The highest BCUT2D eigenvalue weighted by atomic mass is 16.1. The van der Waals surface area contributed by atoms with E-state index in [4.69, 9.17) is 0 Å². The molecule has 1 heterocycles. The number of aromatic amines is 1. The van der Waals surface area contributed by atoms with Gasteiger partial charge in [-0.2, -0.15) is 5.10 Å². The Labute approximate surface area is 75.8 Å². The summed E-state index contributed by atoms with van der Waals surface area (Å²) in [6.07, 6.45) is 8.22. The number of hydrogen-bond acceptors (Lipinski definition) is 2. The van der Waals surface area contributed by atoms with Crippen LogP contribution in [0.25, 0.3) is 5.57 Å². The minimum Gasteiger partial charge on any atom is -0.268 e. The summed E-state index contributed by atoms with van der Waals surface area (Å²) in [6.45, 7) is 0. The molecule has 1 aliphatic carbocycles. The average molecular weight is 174 g/mol. The quantitative estimate of drug-likeness (QED) is 0.701. The van der Waals surface area contributed by atoms with Crippen LogP contribution in [0.1, 0.15) is 18.5 Å². The molecule has 0 spiro atoms. The van der Waals surface area contributed by atoms with E-state index < -0.39 is 0 Å². The van der Waals surface area contributed by atoms with E-state index in [2.05, 4.69) is 16.3 Å². The maximum Gasteiger partial charge on any atom is 0.264 e. The lowest BCUT2D eigenvalue weighted by Gasteiger charge is -2.06. The van der Waals surface area contributed by atoms with E-state index in [0.717, 1.165) is 18.5 Å². The summed E-state index contributed by atoms with van der Waals surface area (Å²) in [5.41, 5.74) is 1.89. The highest BCUT2D eigenvalue weighted by molar-refractivity contribution is 5.64. The number of nitrogens with zero attached hydrogens (tertiary/aromatic N) is 1. The summed E-state index contributed by atoms with van der Waals surface area (Å²) < 4.78 is 0. The van der Waals surface area contributed by atoms with Gasteiger partial charge in [-0.15, -0.1) is 0 Å². The Hall–Kier alpha value is -1.64. The van der Waals surface area contributed by atoms with Gasteiger partial charge in [-0.25, -0.2) is 5.10 Å². The Morgan fingerprint density at radius 2 is 2.31 bits per heavy atom. The predicted molar refractivity (Wildman–Crippen MR) is 51.2 cm³/mol. The first kappa shape index (κ1) is 7.98. The van der Waals surface area contributed by atoms with Crippen LogP contribution in [0.3, 0.4) is 0 Å². The largest absolute Gasteiger partial charge is 0.268 e. The molecule has 13 heavy (non-hydrogen) atoms. The molecule has 0 radical (unpaired) electrons. The first-order chi connectivity index (χ1) is 6.36. The fraction of sp³-hybridized carbons (Fsp3) is 0.200. The molecule has 0 bridgehead atoms. The molecule has 3 nitrogen and oxygen atoms in total. The van der Waals surface area contributed by atoms with Gasteiger partial charge in [0.05, 0.1) is 5.69 Å². The van der Waals surface area contributed by atoms with Gasteiger partial charge in [-0.3, -0.25) is 4.79 Å². The van der Waals surface area contributed by atoms with Crippen LogP contribution < -0.4 is 5.56 Å². The van der Waals surface area contributed by atoms with Gasteiger partial charge in [0.15, 0.2) is 0 Å². The molecule has 0 aliphatic heterocycles. The molecule has 1 N–H and O–H groups in total. The predicted octanol–water partition coefficient (Wildman–Crippen LogP) is 1.50. The third-order valence-corrected chi connectivity index (χ3v) is 2.02. The summed E-state index contributed by atoms with van der Waals surface area (Å²) in [5.74, 6) is 0. The van der Waals surface area contributed by atoms with E-state index in [9.17, 15) is 4.79 Å². The van der Waals surface area contributed by atoms with Crippen LogP contribution >= 0.6 is 0 Å². The minimum absolute atomic E-state index is 0.157. The van der Waals surface area contributed by atoms with Gasteiger partial charge in [0.2, 0.25) is 0 Å². The molecule has 0 saturated carbocycles. The van der Waals surface area contributed by atoms with Crippen LogP contribution in [0.4, 0.5) is 0 Å². The van der Waals surface area contributed by atoms with E-state index in [0.29, 0.717) is 0 Å². The van der Waals surface area contributed by atoms with Gasteiger partial charge in [0.25, 0.3) is 5.56 Å². The Morgan fingerprint density at radius 1 is 1.38 bits per heavy atom. The van der Waals surface area contributed by atoms with E-state index in [1.165, 1.54) is 11.6 Å². The van der Waals surface area contributed by atoms with Crippen molar-refractivity contribution in [2.45, 2.75) is 12.8 Å². The molecule has 1 aliphatic rings. The number of rotatable bonds is 1. The zero-order valence-electron chi connectivity index (χ0n) is 7.16. The molecule has 0 fully saturated rings. The lowest BCUT2D eigenvalue weighted by atomic mass is 10.0. The van der Waals surface area contributed by atoms with Crippen molar-refractivity contribution in [3.8, 4) is 0 Å². The molecule has 0 atom stereocenters. The highest BCUT2D eigenvalue weighted by Gasteiger charge is 2.03. The first-order valence-corrected chi connectivity index (χ1v) is 4.28. The van der Waals surface area contributed by atoms with Crippen LogP contribution in [0.2, 0.25) is 0 Å². The third kappa shape index (κ3) is 1.75. The lowest BCUT2D eigenvalue weighted by Crippen LogP contribution is -2.07. The molecule has 2 rings (SSSR count). The van der Waals surface area contributed by atoms with E-state index in [1.807, 2.05) is 12.2 Å². The molecule has 0 unspecified atom stereocenters. The van der Waals surface area contributed by atoms with Crippen LogP contribution in [-0.2, 0) is 0 Å². The normalized spacial score (nSPS) is 15.5. The molecular weight excluding hydrogens is 164 g/mol. The van der Waals surface area contributed by atoms with Crippen molar-refractivity contribution in [2.75, 3.05) is 0 Å². The molecule has 0 aromatic carbocycles. The maximum atomic E-state index is 10.8. The monoisotopic (exact) mass is 174 g/mol. The van der Waals surface area contributed by atoms with Gasteiger partial charge in [0.1, 0.15) is 0 Å². The summed E-state index contributed by atoms with van der Waals surface area (Å²) in [4.78, 5) is 10.8. The molecule has 66 valence electrons. The fourth-order valence-electron chi connectivity index (χ4n) is 1.34. The van der Waals surface area contributed by atoms with Crippen molar-refractivity contribution < 1.29 is 0 Å². The van der Waals surface area contributed by atoms with Crippen molar-refractivity contribution in [1.29, 1.82) is 0 Å². The van der Waals surface area contributed by atoms with Crippen molar-refractivity contribution >= 4 is 5.57 Å². The number of allylic oxidation sites excluding steroid dienone is 4. The number of aromatic nitrogens is 2. The lowest BCUT2D eigenvalue weighted by molar-refractivity contribution is 0.947. The molecule has 0 saturated heterocycles. The third-order valence-electron chi connectivity index (χ3n) is 2.02. The zero-order valence-corrected chi connectivity index (χ0v) is 7.16. The van der Waals surface area contributed by atoms with Crippen LogP contribution in [0.5, 0.6) is 0 Å². The van der Waals surface area contributed by atoms with Crippen molar-refractivity contribution in [3.05, 3.63) is 46.4 Å². The average Bonchev–Trinajstić information content (AvgIpc) is 2.20. The topological polar surface area (TPSA) is 45.8 Å². The zero-order chi connectivity index (χ0) is 9.10. The Balaban J connectivity index is 2.35. The number of hydrogen-bond donors (Lipinski definition) is 1. The standard InChI is InChI=1S/C10H10N2O/c13-10-7-6-9(11-12-10)8-4-2-1-3-5-8/h1-2,4,6-7H,3,5H2,(H,12,13). The van der Waals surface area contributed by atoms with Gasteiger partial charge in [-0.05, 0) is 24.5 Å². The molecular formula is C10H10N2O. The highest BCUT2D eigenvalue weighted by Crippen LogP contribution is 2.20. The maximum absolute atomic E-state index is 10.8. The Kier molecular flexibility index (Phi) is 2.08. The van der Waals surface area contributed by atoms with Crippen LogP contribution in [0.15, 0.2) is 35.2 Å². The van der Waals surface area contributed by atoms with Gasteiger partial charge in [0, 0.05) is 6.07 Å². The SMILES string of the molecule is O=c1ccc(C2=CC=CCC2)n[nH]1. The number of H-pyrrole nitrogens is 1. The van der Waals surface area contributed by atoms with Crippen LogP contribution in [0, 0.1) is 0 Å². The minimum atomic E-state index is -0.157. The van der Waals surface area contributed by atoms with Crippen molar-refractivity contribution in [2.24, 2.45) is 0 Å². The second kappa shape index (κ2) is 3.39. The van der Waals surface area contributed by atoms with E-state index >= 15 is 0 Å². The summed E-state index contributed by atoms with van der Waals surface area (Å²) in [7, 11) is 0. The molecule has 1 aromatic rings. The Bertz CT molecular complexity index is 395. The molecule has 3 heteroatoms. The molecule has 1 aromatic heterocycles. The fourth-order valence-corrected chi connectivity index (χ4v) is 1.34. The summed E-state index contributed by atoms with van der Waals surface area (Å²) in [5, 5.41) is 6.39. The summed E-state index contributed by atoms with van der Waals surface area (Å²) in [6, 6.07) is 3.26. The second-order valence-electron chi connectivity index (χ2n) is 2.97. The number of nitrogens with one attached hydrogen (secondary N) is 1. The van der Waals surface area contributed by atoms with Gasteiger partial charge < -0.3 is 0 Å². The summed E-state index contributed by atoms with van der Waals surface area (Å²) >= 11 is 0. The van der Waals surface area contributed by atoms with E-state index in [1.54, 1.807) is 6.07 Å². The van der Waals surface area contributed by atoms with Crippen LogP contribution in [-0.4, -0.2) is 10.2 Å².